The topological polar surface area (TPSA) is 35.2 Å². The van der Waals surface area contributed by atoms with Crippen LogP contribution in [0.1, 0.15) is 27.8 Å². The number of rotatable bonds is 4. The van der Waals surface area contributed by atoms with Gasteiger partial charge in [-0.2, -0.15) is 0 Å². The first kappa shape index (κ1) is 14.5. The summed E-state index contributed by atoms with van der Waals surface area (Å²) in [6.07, 6.45) is 0. The van der Waals surface area contributed by atoms with Gasteiger partial charge in [0.05, 0.1) is 0 Å². The average molecular weight is 273 g/mol. The van der Waals surface area contributed by atoms with Gasteiger partial charge in [0.1, 0.15) is 6.61 Å². The van der Waals surface area contributed by atoms with E-state index in [1.807, 2.05) is 13.8 Å². The lowest BCUT2D eigenvalue weighted by atomic mass is 10.0. The summed E-state index contributed by atoms with van der Waals surface area (Å²) in [7, 11) is 0. The summed E-state index contributed by atoms with van der Waals surface area (Å²) in [5.41, 5.74) is 10.9. The number of aryl methyl sites for hydroxylation is 3. The Hall–Kier alpha value is -1.87. The zero-order valence-corrected chi connectivity index (χ0v) is 12.2. The first-order valence-corrected chi connectivity index (χ1v) is 6.69. The van der Waals surface area contributed by atoms with Crippen LogP contribution in [0.4, 0.5) is 4.39 Å². The van der Waals surface area contributed by atoms with Crippen LogP contribution in [0.5, 0.6) is 5.75 Å². The van der Waals surface area contributed by atoms with Crippen molar-refractivity contribution in [2.75, 3.05) is 0 Å². The number of benzene rings is 2. The Kier molecular flexibility index (Phi) is 4.40. The van der Waals surface area contributed by atoms with E-state index in [2.05, 4.69) is 19.1 Å². The third-order valence-corrected chi connectivity index (χ3v) is 3.44. The molecule has 2 N–H and O–H groups in total. The van der Waals surface area contributed by atoms with E-state index in [9.17, 15) is 4.39 Å². The van der Waals surface area contributed by atoms with Crippen LogP contribution in [-0.2, 0) is 13.2 Å². The highest BCUT2D eigenvalue weighted by Gasteiger charge is 2.08. The van der Waals surface area contributed by atoms with E-state index in [0.717, 1.165) is 11.1 Å². The number of hydrogen-bond donors (Lipinski definition) is 1. The fraction of sp³-hybridized carbons (Fsp3) is 0.294. The van der Waals surface area contributed by atoms with Crippen molar-refractivity contribution in [3.8, 4) is 5.75 Å². The van der Waals surface area contributed by atoms with Gasteiger partial charge in [0.25, 0.3) is 0 Å². The van der Waals surface area contributed by atoms with Crippen LogP contribution in [-0.4, -0.2) is 0 Å². The third-order valence-electron chi connectivity index (χ3n) is 3.44. The van der Waals surface area contributed by atoms with Crippen molar-refractivity contribution in [2.24, 2.45) is 5.73 Å². The Morgan fingerprint density at radius 2 is 1.70 bits per heavy atom. The summed E-state index contributed by atoms with van der Waals surface area (Å²) in [6, 6.07) is 9.06. The van der Waals surface area contributed by atoms with Crippen LogP contribution in [0.2, 0.25) is 0 Å². The lowest BCUT2D eigenvalue weighted by molar-refractivity contribution is 0.288. The Morgan fingerprint density at radius 1 is 1.05 bits per heavy atom. The Balaban J connectivity index is 2.17. The fourth-order valence-electron chi connectivity index (χ4n) is 2.38. The summed E-state index contributed by atoms with van der Waals surface area (Å²) in [6.45, 7) is 6.86. The first-order valence-electron chi connectivity index (χ1n) is 6.69. The second-order valence-electron chi connectivity index (χ2n) is 5.13. The van der Waals surface area contributed by atoms with Gasteiger partial charge in [0, 0.05) is 6.54 Å². The highest BCUT2D eigenvalue weighted by Crippen LogP contribution is 2.22. The van der Waals surface area contributed by atoms with Gasteiger partial charge < -0.3 is 10.5 Å². The van der Waals surface area contributed by atoms with E-state index < -0.39 is 0 Å². The molecule has 3 heteroatoms. The van der Waals surface area contributed by atoms with Crippen LogP contribution in [0.15, 0.2) is 30.3 Å². The minimum Gasteiger partial charge on any atom is -0.486 e. The minimum atomic E-state index is -0.365. The summed E-state index contributed by atoms with van der Waals surface area (Å²) >= 11 is 0. The summed E-state index contributed by atoms with van der Waals surface area (Å²) < 4.78 is 19.4. The molecule has 106 valence electrons. The van der Waals surface area contributed by atoms with Crippen LogP contribution in [0.25, 0.3) is 0 Å². The first-order chi connectivity index (χ1) is 9.51. The van der Waals surface area contributed by atoms with E-state index in [-0.39, 0.29) is 11.6 Å². The largest absolute Gasteiger partial charge is 0.486 e. The van der Waals surface area contributed by atoms with Crippen LogP contribution in [0, 0.1) is 26.6 Å². The summed E-state index contributed by atoms with van der Waals surface area (Å²) in [5, 5.41) is 0. The summed E-state index contributed by atoms with van der Waals surface area (Å²) in [5.74, 6) is -0.100. The van der Waals surface area contributed by atoms with E-state index in [0.29, 0.717) is 13.2 Å². The molecule has 0 saturated carbocycles. The van der Waals surface area contributed by atoms with E-state index in [4.69, 9.17) is 10.5 Å². The van der Waals surface area contributed by atoms with Crippen molar-refractivity contribution in [3.05, 3.63) is 64.0 Å². The normalized spacial score (nSPS) is 10.7. The lowest BCUT2D eigenvalue weighted by Gasteiger charge is -2.13. The van der Waals surface area contributed by atoms with Gasteiger partial charge in [-0.3, -0.25) is 0 Å². The monoisotopic (exact) mass is 273 g/mol. The molecule has 0 unspecified atom stereocenters. The van der Waals surface area contributed by atoms with Crippen molar-refractivity contribution in [2.45, 2.75) is 33.9 Å². The maximum absolute atomic E-state index is 13.8. The molecular formula is C17H20FNO. The molecule has 0 amide bonds. The summed E-state index contributed by atoms with van der Waals surface area (Å²) in [4.78, 5) is 0. The quantitative estimate of drug-likeness (QED) is 0.920. The second-order valence-corrected chi connectivity index (χ2v) is 5.13. The molecule has 2 aromatic carbocycles. The molecule has 0 aliphatic carbocycles. The smallest absolute Gasteiger partial charge is 0.165 e. The van der Waals surface area contributed by atoms with Crippen LogP contribution < -0.4 is 10.5 Å². The SMILES string of the molecule is Cc1cc(C)c(COc2ccc(CN)cc2F)c(C)c1. The van der Waals surface area contributed by atoms with Gasteiger partial charge in [-0.25, -0.2) is 4.39 Å². The third kappa shape index (κ3) is 3.17. The van der Waals surface area contributed by atoms with Crippen molar-refractivity contribution in [1.29, 1.82) is 0 Å². The van der Waals surface area contributed by atoms with Gasteiger partial charge in [-0.1, -0.05) is 23.8 Å². The highest BCUT2D eigenvalue weighted by atomic mass is 19.1. The fourth-order valence-corrected chi connectivity index (χ4v) is 2.38. The number of hydrogen-bond acceptors (Lipinski definition) is 2. The number of halogens is 1. The molecule has 0 aliphatic rings. The standard InChI is InChI=1S/C17H20FNO/c1-11-6-12(2)15(13(3)7-11)10-20-17-5-4-14(9-19)8-16(17)18/h4-8H,9-10,19H2,1-3H3. The van der Waals surface area contributed by atoms with Crippen LogP contribution in [0.3, 0.4) is 0 Å². The maximum Gasteiger partial charge on any atom is 0.165 e. The van der Waals surface area contributed by atoms with Gasteiger partial charge in [0.15, 0.2) is 11.6 Å². The van der Waals surface area contributed by atoms with E-state index in [1.165, 1.54) is 22.8 Å². The molecule has 0 radical (unpaired) electrons. The van der Waals surface area contributed by atoms with Crippen molar-refractivity contribution in [3.63, 3.8) is 0 Å². The van der Waals surface area contributed by atoms with Crippen molar-refractivity contribution in [1.82, 2.24) is 0 Å². The number of ether oxygens (including phenoxy) is 1. The molecule has 2 aromatic rings. The predicted molar refractivity (Wildman–Crippen MR) is 79.3 cm³/mol. The minimum absolute atomic E-state index is 0.265. The molecule has 0 saturated heterocycles. The van der Waals surface area contributed by atoms with Crippen molar-refractivity contribution >= 4 is 0 Å². The molecule has 0 spiro atoms. The molecule has 0 fully saturated rings. The molecule has 0 bridgehead atoms. The zero-order valence-electron chi connectivity index (χ0n) is 12.2. The van der Waals surface area contributed by atoms with Crippen LogP contribution >= 0.6 is 0 Å². The van der Waals surface area contributed by atoms with Gasteiger partial charge in [-0.15, -0.1) is 0 Å². The molecule has 0 aromatic heterocycles. The Morgan fingerprint density at radius 3 is 2.25 bits per heavy atom. The second kappa shape index (κ2) is 6.06. The molecule has 0 heterocycles. The van der Waals surface area contributed by atoms with E-state index in [1.54, 1.807) is 12.1 Å². The average Bonchev–Trinajstić information content (AvgIpc) is 2.39. The number of nitrogens with two attached hydrogens (primary N) is 1. The molecule has 2 nitrogen and oxygen atoms in total. The van der Waals surface area contributed by atoms with Gasteiger partial charge in [0.2, 0.25) is 0 Å². The van der Waals surface area contributed by atoms with Gasteiger partial charge in [-0.05, 0) is 55.2 Å². The lowest BCUT2D eigenvalue weighted by Crippen LogP contribution is -2.03. The van der Waals surface area contributed by atoms with Crippen molar-refractivity contribution < 1.29 is 9.13 Å². The van der Waals surface area contributed by atoms with Gasteiger partial charge >= 0.3 is 0 Å². The maximum atomic E-state index is 13.8. The Labute approximate surface area is 119 Å². The van der Waals surface area contributed by atoms with E-state index >= 15 is 0 Å². The molecule has 2 rings (SSSR count). The molecule has 0 aliphatic heterocycles. The molecule has 0 atom stereocenters. The Bertz CT molecular complexity index is 599. The molecular weight excluding hydrogens is 253 g/mol. The predicted octanol–water partition coefficient (Wildman–Crippen LogP) is 3.79. The highest BCUT2D eigenvalue weighted by molar-refractivity contribution is 5.37. The molecule has 20 heavy (non-hydrogen) atoms. The zero-order chi connectivity index (χ0) is 14.7.